The van der Waals surface area contributed by atoms with Gasteiger partial charge < -0.3 is 15.7 Å². The number of rotatable bonds is 3. The minimum Gasteiger partial charge on any atom is -0.399 e. The fourth-order valence-corrected chi connectivity index (χ4v) is 1.11. The lowest BCUT2D eigenvalue weighted by Crippen LogP contribution is -2.26. The zero-order valence-corrected chi connectivity index (χ0v) is 8.10. The van der Waals surface area contributed by atoms with Crippen LogP contribution >= 0.6 is 0 Å². The van der Waals surface area contributed by atoms with Crippen molar-refractivity contribution in [2.75, 3.05) is 24.3 Å². The van der Waals surface area contributed by atoms with Gasteiger partial charge in [0, 0.05) is 18.4 Å². The molecule has 0 unspecified atom stereocenters. The third kappa shape index (κ3) is 2.47. The van der Waals surface area contributed by atoms with Crippen LogP contribution in [-0.2, 0) is 4.79 Å². The molecule has 0 heterocycles. The van der Waals surface area contributed by atoms with Gasteiger partial charge in [0.05, 0.1) is 13.0 Å². The van der Waals surface area contributed by atoms with E-state index in [0.717, 1.165) is 5.69 Å². The molecule has 76 valence electrons. The summed E-state index contributed by atoms with van der Waals surface area (Å²) in [4.78, 5) is 12.9. The molecular weight excluding hydrogens is 180 g/mol. The van der Waals surface area contributed by atoms with Crippen LogP contribution in [0, 0.1) is 0 Å². The maximum Gasteiger partial charge on any atom is 0.229 e. The second-order valence-corrected chi connectivity index (χ2v) is 3.02. The van der Waals surface area contributed by atoms with Crippen molar-refractivity contribution in [3.05, 3.63) is 24.3 Å². The SMILES string of the molecule is CN(C(=O)CCO)c1ccc(N)cc1. The lowest BCUT2D eigenvalue weighted by atomic mass is 10.2. The Morgan fingerprint density at radius 1 is 1.43 bits per heavy atom. The summed E-state index contributed by atoms with van der Waals surface area (Å²) >= 11 is 0. The highest BCUT2D eigenvalue weighted by Gasteiger charge is 2.09. The largest absolute Gasteiger partial charge is 0.399 e. The summed E-state index contributed by atoms with van der Waals surface area (Å²) < 4.78 is 0. The number of carbonyl (C=O) groups excluding carboxylic acids is 1. The van der Waals surface area contributed by atoms with Gasteiger partial charge in [0.15, 0.2) is 0 Å². The normalized spacial score (nSPS) is 9.86. The van der Waals surface area contributed by atoms with Crippen molar-refractivity contribution in [2.24, 2.45) is 0 Å². The van der Waals surface area contributed by atoms with Crippen molar-refractivity contribution >= 4 is 17.3 Å². The standard InChI is InChI=1S/C10H14N2O2/c1-12(10(14)6-7-13)9-4-2-8(11)3-5-9/h2-5,13H,6-7,11H2,1H3. The molecule has 1 aromatic carbocycles. The second kappa shape index (κ2) is 4.62. The lowest BCUT2D eigenvalue weighted by molar-refractivity contribution is -0.118. The number of anilines is 2. The Morgan fingerprint density at radius 3 is 2.50 bits per heavy atom. The summed E-state index contributed by atoms with van der Waals surface area (Å²) in [5, 5.41) is 8.61. The Kier molecular flexibility index (Phi) is 3.48. The number of hydrogen-bond donors (Lipinski definition) is 2. The number of aliphatic hydroxyl groups is 1. The van der Waals surface area contributed by atoms with Crippen molar-refractivity contribution in [1.29, 1.82) is 0 Å². The second-order valence-electron chi connectivity index (χ2n) is 3.02. The molecule has 0 bridgehead atoms. The molecule has 0 aliphatic rings. The number of carbonyl (C=O) groups is 1. The highest BCUT2D eigenvalue weighted by molar-refractivity contribution is 5.92. The highest BCUT2D eigenvalue weighted by Crippen LogP contribution is 2.15. The van der Waals surface area contributed by atoms with Crippen molar-refractivity contribution in [3.63, 3.8) is 0 Å². The average Bonchev–Trinajstić information content (AvgIpc) is 2.18. The van der Waals surface area contributed by atoms with Crippen LogP contribution in [0.3, 0.4) is 0 Å². The smallest absolute Gasteiger partial charge is 0.229 e. The summed E-state index contributed by atoms with van der Waals surface area (Å²) in [5.41, 5.74) is 6.96. The van der Waals surface area contributed by atoms with Crippen molar-refractivity contribution in [3.8, 4) is 0 Å². The first-order valence-electron chi connectivity index (χ1n) is 4.38. The van der Waals surface area contributed by atoms with E-state index in [1.54, 1.807) is 31.3 Å². The highest BCUT2D eigenvalue weighted by atomic mass is 16.3. The van der Waals surface area contributed by atoms with E-state index in [9.17, 15) is 4.79 Å². The third-order valence-corrected chi connectivity index (χ3v) is 1.98. The Bertz CT molecular complexity index is 308. The first-order valence-corrected chi connectivity index (χ1v) is 4.38. The molecule has 14 heavy (non-hydrogen) atoms. The maximum atomic E-state index is 11.4. The Morgan fingerprint density at radius 2 is 2.00 bits per heavy atom. The molecule has 4 nitrogen and oxygen atoms in total. The molecule has 1 aromatic rings. The minimum absolute atomic E-state index is 0.114. The van der Waals surface area contributed by atoms with E-state index in [4.69, 9.17) is 10.8 Å². The zero-order valence-electron chi connectivity index (χ0n) is 8.10. The Labute approximate surface area is 82.9 Å². The monoisotopic (exact) mass is 194 g/mol. The van der Waals surface area contributed by atoms with Gasteiger partial charge in [-0.1, -0.05) is 0 Å². The maximum absolute atomic E-state index is 11.4. The van der Waals surface area contributed by atoms with E-state index in [1.807, 2.05) is 0 Å². The topological polar surface area (TPSA) is 66.6 Å². The number of benzene rings is 1. The fraction of sp³-hybridized carbons (Fsp3) is 0.300. The van der Waals surface area contributed by atoms with Gasteiger partial charge in [0.2, 0.25) is 5.91 Å². The number of nitrogens with zero attached hydrogens (tertiary/aromatic N) is 1. The molecule has 0 aliphatic carbocycles. The van der Waals surface area contributed by atoms with Gasteiger partial charge in [-0.25, -0.2) is 0 Å². The minimum atomic E-state index is -0.127. The van der Waals surface area contributed by atoms with Gasteiger partial charge in [-0.15, -0.1) is 0 Å². The van der Waals surface area contributed by atoms with Crippen molar-refractivity contribution in [2.45, 2.75) is 6.42 Å². The van der Waals surface area contributed by atoms with Crippen LogP contribution in [-0.4, -0.2) is 24.7 Å². The van der Waals surface area contributed by atoms with Gasteiger partial charge in [0.25, 0.3) is 0 Å². The summed E-state index contributed by atoms with van der Waals surface area (Å²) in [6.07, 6.45) is 0.140. The lowest BCUT2D eigenvalue weighted by Gasteiger charge is -2.16. The van der Waals surface area contributed by atoms with Crippen LogP contribution in [0.2, 0.25) is 0 Å². The summed E-state index contributed by atoms with van der Waals surface area (Å²) in [6.45, 7) is -0.127. The first kappa shape index (κ1) is 10.5. The van der Waals surface area contributed by atoms with Crippen LogP contribution in [0.5, 0.6) is 0 Å². The van der Waals surface area contributed by atoms with Gasteiger partial charge in [-0.05, 0) is 24.3 Å². The van der Waals surface area contributed by atoms with E-state index in [1.165, 1.54) is 4.90 Å². The number of hydrogen-bond acceptors (Lipinski definition) is 3. The predicted molar refractivity (Wildman–Crippen MR) is 56.0 cm³/mol. The van der Waals surface area contributed by atoms with Crippen molar-refractivity contribution < 1.29 is 9.90 Å². The van der Waals surface area contributed by atoms with Crippen LogP contribution < -0.4 is 10.6 Å². The quantitative estimate of drug-likeness (QED) is 0.693. The molecule has 1 amide bonds. The molecule has 1 rings (SSSR count). The molecular formula is C10H14N2O2. The molecule has 0 atom stereocenters. The molecule has 0 aromatic heterocycles. The molecule has 0 spiro atoms. The van der Waals surface area contributed by atoms with Crippen LogP contribution in [0.25, 0.3) is 0 Å². The molecule has 0 radical (unpaired) electrons. The predicted octanol–water partition coefficient (Wildman–Crippen LogP) is 0.614. The van der Waals surface area contributed by atoms with Crippen molar-refractivity contribution in [1.82, 2.24) is 0 Å². The van der Waals surface area contributed by atoms with E-state index in [0.29, 0.717) is 5.69 Å². The van der Waals surface area contributed by atoms with Crippen LogP contribution in [0.15, 0.2) is 24.3 Å². The third-order valence-electron chi connectivity index (χ3n) is 1.98. The number of aliphatic hydroxyl groups excluding tert-OH is 1. The van der Waals surface area contributed by atoms with Crippen LogP contribution in [0.1, 0.15) is 6.42 Å². The van der Waals surface area contributed by atoms with E-state index < -0.39 is 0 Å². The molecule has 0 fully saturated rings. The van der Waals surface area contributed by atoms with E-state index >= 15 is 0 Å². The molecule has 4 heteroatoms. The molecule has 0 aliphatic heterocycles. The Hall–Kier alpha value is -1.55. The summed E-state index contributed by atoms with van der Waals surface area (Å²) in [6, 6.07) is 7.01. The van der Waals surface area contributed by atoms with Gasteiger partial charge in [-0.2, -0.15) is 0 Å². The summed E-state index contributed by atoms with van der Waals surface area (Å²) in [5.74, 6) is -0.114. The number of nitrogen functional groups attached to an aromatic ring is 1. The van der Waals surface area contributed by atoms with E-state index in [-0.39, 0.29) is 18.9 Å². The zero-order chi connectivity index (χ0) is 10.6. The van der Waals surface area contributed by atoms with Gasteiger partial charge >= 0.3 is 0 Å². The molecule has 0 saturated heterocycles. The number of nitrogens with two attached hydrogens (primary N) is 1. The molecule has 3 N–H and O–H groups in total. The Balaban J connectivity index is 2.73. The van der Waals surface area contributed by atoms with Crippen LogP contribution in [0.4, 0.5) is 11.4 Å². The van der Waals surface area contributed by atoms with Gasteiger partial charge in [-0.3, -0.25) is 4.79 Å². The first-order chi connectivity index (χ1) is 6.65. The average molecular weight is 194 g/mol. The fourth-order valence-electron chi connectivity index (χ4n) is 1.11. The molecule has 0 saturated carbocycles. The van der Waals surface area contributed by atoms with E-state index in [2.05, 4.69) is 0 Å². The van der Waals surface area contributed by atoms with Gasteiger partial charge in [0.1, 0.15) is 0 Å². The summed E-state index contributed by atoms with van der Waals surface area (Å²) in [7, 11) is 1.67. The number of amides is 1.